The summed E-state index contributed by atoms with van der Waals surface area (Å²) in [6.45, 7) is 6.68. The van der Waals surface area contributed by atoms with Gasteiger partial charge in [0.25, 0.3) is 0 Å². The van der Waals surface area contributed by atoms with Gasteiger partial charge in [-0.2, -0.15) is 0 Å². The number of esters is 3. The highest BCUT2D eigenvalue weighted by Crippen LogP contribution is 2.19. The summed E-state index contributed by atoms with van der Waals surface area (Å²) in [5, 5.41) is 0. The topological polar surface area (TPSA) is 78.9 Å². The molecule has 0 spiro atoms. The Morgan fingerprint density at radius 3 is 0.716 bits per heavy atom. The fraction of sp³-hybridized carbons (Fsp3) is 0.880. The molecule has 6 heteroatoms. The molecule has 476 valence electrons. The Balaban J connectivity index is 4.26. The fourth-order valence-corrected chi connectivity index (χ4v) is 11.1. The molecule has 6 nitrogen and oxygen atoms in total. The normalized spacial score (nSPS) is 12.2. The highest BCUT2D eigenvalue weighted by Gasteiger charge is 2.19. The second-order valence-corrected chi connectivity index (χ2v) is 24.9. The molecule has 0 bridgehead atoms. The average Bonchev–Trinajstić information content (AvgIpc) is 3.47. The van der Waals surface area contributed by atoms with E-state index in [-0.39, 0.29) is 31.1 Å². The van der Waals surface area contributed by atoms with Crippen molar-refractivity contribution < 1.29 is 28.6 Å². The Morgan fingerprint density at radius 1 is 0.247 bits per heavy atom. The maximum Gasteiger partial charge on any atom is 0.306 e. The minimum Gasteiger partial charge on any atom is -0.462 e. The molecule has 0 aliphatic heterocycles. The summed E-state index contributed by atoms with van der Waals surface area (Å²) in [7, 11) is 0. The number of carbonyl (C=O) groups excluding carboxylic acids is 3. The predicted molar refractivity (Wildman–Crippen MR) is 353 cm³/mol. The van der Waals surface area contributed by atoms with Crippen molar-refractivity contribution in [3.63, 3.8) is 0 Å². The molecule has 0 saturated heterocycles. The van der Waals surface area contributed by atoms with Gasteiger partial charge >= 0.3 is 17.9 Å². The lowest BCUT2D eigenvalue weighted by Gasteiger charge is -2.18. The van der Waals surface area contributed by atoms with Crippen LogP contribution in [0.3, 0.4) is 0 Å². The molecule has 0 aliphatic carbocycles. The third kappa shape index (κ3) is 68.3. The first-order valence-electron chi connectivity index (χ1n) is 36.5. The molecule has 0 heterocycles. The van der Waals surface area contributed by atoms with E-state index < -0.39 is 6.10 Å². The maximum atomic E-state index is 13.0. The van der Waals surface area contributed by atoms with Gasteiger partial charge in [0.05, 0.1) is 0 Å². The first kappa shape index (κ1) is 78.6. The van der Waals surface area contributed by atoms with E-state index in [1.165, 1.54) is 289 Å². The Hall–Kier alpha value is -2.37. The Bertz CT molecular complexity index is 1350. The standard InChI is InChI=1S/C75H140O6/c1-4-7-10-13-16-19-22-25-28-30-32-34-36-37-39-40-42-44-47-50-53-56-59-62-65-68-74(77)80-71-72(70-79-73(76)67-64-61-58-55-52-49-46-27-24-21-18-15-12-9-6-3)81-75(78)69-66-63-60-57-54-51-48-45-43-41-38-35-33-31-29-26-23-20-17-14-11-8-5-2/h18,21,27,30,32,46,72H,4-17,19-20,22-26,28-29,31,33-45,47-71H2,1-3H3/b21-18-,32-30-,46-27-. The molecule has 1 atom stereocenters. The zero-order valence-corrected chi connectivity index (χ0v) is 54.8. The number of unbranched alkanes of at least 4 members (excludes halogenated alkanes) is 51. The second kappa shape index (κ2) is 70.1. The van der Waals surface area contributed by atoms with E-state index in [0.717, 1.165) is 77.0 Å². The van der Waals surface area contributed by atoms with Crippen molar-refractivity contribution in [3.8, 4) is 0 Å². The van der Waals surface area contributed by atoms with Crippen LogP contribution in [0.5, 0.6) is 0 Å². The van der Waals surface area contributed by atoms with Gasteiger partial charge in [-0.1, -0.05) is 346 Å². The molecule has 0 N–H and O–H groups in total. The summed E-state index contributed by atoms with van der Waals surface area (Å²) in [4.78, 5) is 38.5. The van der Waals surface area contributed by atoms with Crippen LogP contribution >= 0.6 is 0 Å². The molecular weight excluding hydrogens is 997 g/mol. The number of hydrogen-bond donors (Lipinski definition) is 0. The van der Waals surface area contributed by atoms with Crippen molar-refractivity contribution in [2.45, 2.75) is 412 Å². The summed E-state index contributed by atoms with van der Waals surface area (Å²) in [6, 6.07) is 0. The van der Waals surface area contributed by atoms with Gasteiger partial charge in [0.1, 0.15) is 13.2 Å². The van der Waals surface area contributed by atoms with Crippen molar-refractivity contribution in [3.05, 3.63) is 36.5 Å². The van der Waals surface area contributed by atoms with E-state index in [0.29, 0.717) is 19.3 Å². The number of hydrogen-bond acceptors (Lipinski definition) is 6. The van der Waals surface area contributed by atoms with Gasteiger partial charge in [0.15, 0.2) is 6.10 Å². The Labute approximate surface area is 506 Å². The molecule has 0 radical (unpaired) electrons. The highest BCUT2D eigenvalue weighted by atomic mass is 16.6. The van der Waals surface area contributed by atoms with Gasteiger partial charge in [0, 0.05) is 19.3 Å². The van der Waals surface area contributed by atoms with Gasteiger partial charge in [-0.3, -0.25) is 14.4 Å². The van der Waals surface area contributed by atoms with E-state index in [2.05, 4.69) is 57.2 Å². The lowest BCUT2D eigenvalue weighted by atomic mass is 10.0. The first-order chi connectivity index (χ1) is 40.0. The van der Waals surface area contributed by atoms with Crippen LogP contribution in [0.4, 0.5) is 0 Å². The van der Waals surface area contributed by atoms with E-state index in [1.54, 1.807) is 0 Å². The monoisotopic (exact) mass is 1140 g/mol. The molecule has 0 aromatic carbocycles. The van der Waals surface area contributed by atoms with Crippen LogP contribution in [-0.4, -0.2) is 37.2 Å². The van der Waals surface area contributed by atoms with Crippen LogP contribution in [0.2, 0.25) is 0 Å². The summed E-state index contributed by atoms with van der Waals surface area (Å²) in [6.07, 6.45) is 87.5. The van der Waals surface area contributed by atoms with Crippen molar-refractivity contribution in [2.75, 3.05) is 13.2 Å². The second-order valence-electron chi connectivity index (χ2n) is 24.9. The molecule has 0 aromatic heterocycles. The molecule has 1 unspecified atom stereocenters. The SMILES string of the molecule is CCCCC/C=C\C/C=C\CCCCCCCC(=O)OCC(COC(=O)CCCCCCCCCCCCCCC/C=C\CCCCCCCCCC)OC(=O)CCCCCCCCCCCCCCCCCCCCCCCCC. The Kier molecular flexibility index (Phi) is 68.1. The van der Waals surface area contributed by atoms with E-state index >= 15 is 0 Å². The van der Waals surface area contributed by atoms with Gasteiger partial charge < -0.3 is 14.2 Å². The average molecular weight is 1140 g/mol. The molecule has 81 heavy (non-hydrogen) atoms. The van der Waals surface area contributed by atoms with Crippen LogP contribution in [0.25, 0.3) is 0 Å². The summed E-state index contributed by atoms with van der Waals surface area (Å²) < 4.78 is 17.0. The van der Waals surface area contributed by atoms with E-state index in [1.807, 2.05) is 0 Å². The lowest BCUT2D eigenvalue weighted by molar-refractivity contribution is -0.167. The zero-order chi connectivity index (χ0) is 58.5. The predicted octanol–water partition coefficient (Wildman–Crippen LogP) is 25.1. The maximum absolute atomic E-state index is 13.0. The molecule has 0 amide bonds. The Morgan fingerprint density at radius 2 is 0.444 bits per heavy atom. The molecule has 0 rings (SSSR count). The summed E-state index contributed by atoms with van der Waals surface area (Å²) >= 11 is 0. The number of rotatable bonds is 68. The number of carbonyl (C=O) groups is 3. The minimum absolute atomic E-state index is 0.0717. The van der Waals surface area contributed by atoms with E-state index in [9.17, 15) is 14.4 Å². The zero-order valence-electron chi connectivity index (χ0n) is 54.8. The third-order valence-corrected chi connectivity index (χ3v) is 16.6. The minimum atomic E-state index is -0.777. The van der Waals surface area contributed by atoms with Crippen LogP contribution < -0.4 is 0 Å². The van der Waals surface area contributed by atoms with Crippen molar-refractivity contribution >= 4 is 17.9 Å². The van der Waals surface area contributed by atoms with Crippen LogP contribution in [0, 0.1) is 0 Å². The smallest absolute Gasteiger partial charge is 0.306 e. The van der Waals surface area contributed by atoms with Crippen molar-refractivity contribution in [2.24, 2.45) is 0 Å². The quantitative estimate of drug-likeness (QED) is 0.0261. The third-order valence-electron chi connectivity index (χ3n) is 16.6. The van der Waals surface area contributed by atoms with Crippen molar-refractivity contribution in [1.82, 2.24) is 0 Å². The highest BCUT2D eigenvalue weighted by molar-refractivity contribution is 5.71. The largest absolute Gasteiger partial charge is 0.462 e. The van der Waals surface area contributed by atoms with Crippen LogP contribution in [0.15, 0.2) is 36.5 Å². The van der Waals surface area contributed by atoms with Gasteiger partial charge in [-0.25, -0.2) is 0 Å². The molecule has 0 aromatic rings. The summed E-state index contributed by atoms with van der Waals surface area (Å²) in [5.74, 6) is -0.855. The lowest BCUT2D eigenvalue weighted by Crippen LogP contribution is -2.30. The molecule has 0 fully saturated rings. The van der Waals surface area contributed by atoms with Gasteiger partial charge in [-0.15, -0.1) is 0 Å². The van der Waals surface area contributed by atoms with Crippen LogP contribution in [0.1, 0.15) is 406 Å². The van der Waals surface area contributed by atoms with Crippen LogP contribution in [-0.2, 0) is 28.6 Å². The van der Waals surface area contributed by atoms with E-state index in [4.69, 9.17) is 14.2 Å². The fourth-order valence-electron chi connectivity index (χ4n) is 11.1. The first-order valence-corrected chi connectivity index (χ1v) is 36.5. The van der Waals surface area contributed by atoms with Gasteiger partial charge in [-0.05, 0) is 77.0 Å². The summed E-state index contributed by atoms with van der Waals surface area (Å²) in [5.41, 5.74) is 0. The van der Waals surface area contributed by atoms with Crippen molar-refractivity contribution in [1.29, 1.82) is 0 Å². The van der Waals surface area contributed by atoms with Gasteiger partial charge in [0.2, 0.25) is 0 Å². The molecular formula is C75H140O6. The molecule has 0 aliphatic rings. The number of allylic oxidation sites excluding steroid dienone is 6. The molecule has 0 saturated carbocycles. The number of ether oxygens (including phenoxy) is 3.